The zero-order valence-electron chi connectivity index (χ0n) is 10.2. The second-order valence-corrected chi connectivity index (χ2v) is 3.19. The molecule has 1 aromatic heterocycles. The van der Waals surface area contributed by atoms with Gasteiger partial charge in [0.15, 0.2) is 0 Å². The predicted octanol–water partition coefficient (Wildman–Crippen LogP) is 0.259. The zero-order valence-corrected chi connectivity index (χ0v) is 10.2. The van der Waals surface area contributed by atoms with Crippen molar-refractivity contribution in [1.82, 2.24) is 9.94 Å². The van der Waals surface area contributed by atoms with Gasteiger partial charge in [-0.15, -0.1) is 0 Å². The number of carboxylic acids is 2. The lowest BCUT2D eigenvalue weighted by atomic mass is 10.2. The molecule has 1 aromatic carbocycles. The zero-order chi connectivity index (χ0) is 14.4. The van der Waals surface area contributed by atoms with Gasteiger partial charge < -0.3 is 19.8 Å². The highest BCUT2D eigenvalue weighted by molar-refractivity contribution is 6.27. The standard InChI is InChI=1S/C9H10N2O2.C2H2O4/c1-12-9-7-5-3-4-6-8(7)11(10-9)13-2;3-1(4)2(5)6/h3-6H,1-2H3;(H,3,4)(H,5,6). The number of rotatable bonds is 2. The Morgan fingerprint density at radius 3 is 2.21 bits per heavy atom. The molecule has 0 aliphatic carbocycles. The van der Waals surface area contributed by atoms with Crippen LogP contribution in [-0.2, 0) is 9.59 Å². The number of ether oxygens (including phenoxy) is 1. The van der Waals surface area contributed by atoms with E-state index in [1.807, 2.05) is 24.3 Å². The van der Waals surface area contributed by atoms with E-state index in [0.29, 0.717) is 5.88 Å². The van der Waals surface area contributed by atoms with Crippen LogP contribution < -0.4 is 9.57 Å². The predicted molar refractivity (Wildman–Crippen MR) is 64.1 cm³/mol. The van der Waals surface area contributed by atoms with Crippen LogP contribution in [0.2, 0.25) is 0 Å². The first-order valence-corrected chi connectivity index (χ1v) is 5.03. The number of benzene rings is 1. The molecule has 102 valence electrons. The number of carboxylic acid groups (broad SMARTS) is 2. The first-order chi connectivity index (χ1) is 9.01. The molecule has 0 spiro atoms. The van der Waals surface area contributed by atoms with E-state index in [1.54, 1.807) is 14.2 Å². The number of fused-ring (bicyclic) bond motifs is 1. The molecule has 0 amide bonds. The molecule has 0 atom stereocenters. The Balaban J connectivity index is 0.000000258. The highest BCUT2D eigenvalue weighted by atomic mass is 16.7. The number of carbonyl (C=O) groups is 2. The lowest BCUT2D eigenvalue weighted by Gasteiger charge is -1.96. The van der Waals surface area contributed by atoms with Crippen molar-refractivity contribution in [2.24, 2.45) is 0 Å². The number of hydrogen-bond donors (Lipinski definition) is 2. The van der Waals surface area contributed by atoms with Gasteiger partial charge in [-0.25, -0.2) is 9.59 Å². The molecule has 8 nitrogen and oxygen atoms in total. The first-order valence-electron chi connectivity index (χ1n) is 5.03. The maximum atomic E-state index is 9.10. The van der Waals surface area contributed by atoms with Gasteiger partial charge >= 0.3 is 11.9 Å². The average Bonchev–Trinajstić information content (AvgIpc) is 2.77. The topological polar surface area (TPSA) is 111 Å². The Morgan fingerprint density at radius 1 is 1.16 bits per heavy atom. The second kappa shape index (κ2) is 6.24. The molecule has 0 radical (unpaired) electrons. The quantitative estimate of drug-likeness (QED) is 0.751. The fourth-order valence-corrected chi connectivity index (χ4v) is 1.30. The molecule has 1 heterocycles. The third kappa shape index (κ3) is 3.35. The monoisotopic (exact) mass is 268 g/mol. The minimum absolute atomic E-state index is 0.581. The molecular formula is C11H12N2O6. The third-order valence-corrected chi connectivity index (χ3v) is 2.07. The number of hydrogen-bond acceptors (Lipinski definition) is 5. The summed E-state index contributed by atoms with van der Waals surface area (Å²) in [5.74, 6) is -3.07. The molecular weight excluding hydrogens is 256 g/mol. The average molecular weight is 268 g/mol. The maximum Gasteiger partial charge on any atom is 0.414 e. The van der Waals surface area contributed by atoms with Gasteiger partial charge in [-0.3, -0.25) is 0 Å². The second-order valence-electron chi connectivity index (χ2n) is 3.19. The van der Waals surface area contributed by atoms with E-state index in [9.17, 15) is 0 Å². The van der Waals surface area contributed by atoms with E-state index in [4.69, 9.17) is 29.4 Å². The molecule has 2 N–H and O–H groups in total. The van der Waals surface area contributed by atoms with E-state index >= 15 is 0 Å². The van der Waals surface area contributed by atoms with Crippen LogP contribution in [-0.4, -0.2) is 46.3 Å². The third-order valence-electron chi connectivity index (χ3n) is 2.07. The number of aliphatic carboxylic acids is 2. The molecule has 0 saturated carbocycles. The van der Waals surface area contributed by atoms with Gasteiger partial charge in [0.2, 0.25) is 5.88 Å². The van der Waals surface area contributed by atoms with Gasteiger partial charge in [0.05, 0.1) is 12.5 Å². The van der Waals surface area contributed by atoms with Crippen molar-refractivity contribution in [3.63, 3.8) is 0 Å². The highest BCUT2D eigenvalue weighted by Crippen LogP contribution is 2.22. The highest BCUT2D eigenvalue weighted by Gasteiger charge is 2.09. The molecule has 2 aromatic rings. The summed E-state index contributed by atoms with van der Waals surface area (Å²) in [4.78, 5) is 24.7. The van der Waals surface area contributed by atoms with E-state index in [2.05, 4.69) is 5.10 Å². The molecule has 0 aliphatic rings. The summed E-state index contributed by atoms with van der Waals surface area (Å²) in [6, 6.07) is 7.73. The van der Waals surface area contributed by atoms with Crippen LogP contribution >= 0.6 is 0 Å². The van der Waals surface area contributed by atoms with E-state index in [-0.39, 0.29) is 0 Å². The van der Waals surface area contributed by atoms with Crippen molar-refractivity contribution in [2.45, 2.75) is 0 Å². The van der Waals surface area contributed by atoms with Crippen LogP contribution in [0.25, 0.3) is 10.9 Å². The van der Waals surface area contributed by atoms with Crippen molar-refractivity contribution in [3.05, 3.63) is 24.3 Å². The van der Waals surface area contributed by atoms with Crippen LogP contribution in [0.5, 0.6) is 5.88 Å². The van der Waals surface area contributed by atoms with Gasteiger partial charge in [0.25, 0.3) is 0 Å². The normalized spacial score (nSPS) is 9.37. The molecule has 0 unspecified atom stereocenters. The largest absolute Gasteiger partial charge is 0.479 e. The van der Waals surface area contributed by atoms with E-state index < -0.39 is 11.9 Å². The van der Waals surface area contributed by atoms with Crippen LogP contribution in [0.15, 0.2) is 24.3 Å². The van der Waals surface area contributed by atoms with E-state index in [0.717, 1.165) is 10.9 Å². The number of nitrogens with zero attached hydrogens (tertiary/aromatic N) is 2. The van der Waals surface area contributed by atoms with Crippen molar-refractivity contribution in [1.29, 1.82) is 0 Å². The first kappa shape index (κ1) is 14.3. The van der Waals surface area contributed by atoms with Crippen LogP contribution in [0.3, 0.4) is 0 Å². The molecule has 0 fully saturated rings. The Hall–Kier alpha value is -2.77. The number of para-hydroxylation sites is 1. The summed E-state index contributed by atoms with van der Waals surface area (Å²) >= 11 is 0. The van der Waals surface area contributed by atoms with Gasteiger partial charge in [-0.05, 0) is 12.1 Å². The van der Waals surface area contributed by atoms with Crippen LogP contribution in [0.4, 0.5) is 0 Å². The van der Waals surface area contributed by atoms with Gasteiger partial charge in [-0.1, -0.05) is 22.1 Å². The minimum atomic E-state index is -1.82. The van der Waals surface area contributed by atoms with Gasteiger partial charge in [0, 0.05) is 0 Å². The number of methoxy groups -OCH3 is 1. The van der Waals surface area contributed by atoms with Crippen molar-refractivity contribution >= 4 is 22.8 Å². The lowest BCUT2D eigenvalue weighted by Crippen LogP contribution is -2.09. The van der Waals surface area contributed by atoms with Crippen LogP contribution in [0.1, 0.15) is 0 Å². The van der Waals surface area contributed by atoms with Gasteiger partial charge in [-0.2, -0.15) is 0 Å². The van der Waals surface area contributed by atoms with Gasteiger partial charge in [0.1, 0.15) is 12.6 Å². The number of aromatic nitrogens is 2. The molecule has 0 saturated heterocycles. The van der Waals surface area contributed by atoms with E-state index in [1.165, 1.54) is 4.85 Å². The smallest absolute Gasteiger partial charge is 0.414 e. The molecule has 19 heavy (non-hydrogen) atoms. The SMILES string of the molecule is COc1nn(OC)c2ccccc12.O=C(O)C(=O)O. The van der Waals surface area contributed by atoms with Crippen LogP contribution in [0, 0.1) is 0 Å². The Morgan fingerprint density at radius 2 is 1.74 bits per heavy atom. The Bertz CT molecular complexity index is 542. The van der Waals surface area contributed by atoms with Crippen molar-refractivity contribution in [3.8, 4) is 5.88 Å². The Labute approximate surface area is 107 Å². The summed E-state index contributed by atoms with van der Waals surface area (Å²) in [5, 5.41) is 19.8. The fraction of sp³-hybridized carbons (Fsp3) is 0.182. The van der Waals surface area contributed by atoms with Crippen molar-refractivity contribution in [2.75, 3.05) is 14.2 Å². The summed E-state index contributed by atoms with van der Waals surface area (Å²) in [5.41, 5.74) is 0.904. The molecule has 2 rings (SSSR count). The molecule has 0 aliphatic heterocycles. The summed E-state index contributed by atoms with van der Waals surface area (Å²) in [7, 11) is 3.16. The van der Waals surface area contributed by atoms with Crippen molar-refractivity contribution < 1.29 is 29.4 Å². The lowest BCUT2D eigenvalue weighted by molar-refractivity contribution is -0.159. The minimum Gasteiger partial charge on any atom is -0.479 e. The summed E-state index contributed by atoms with van der Waals surface area (Å²) in [6.45, 7) is 0. The summed E-state index contributed by atoms with van der Waals surface area (Å²) < 4.78 is 5.10. The molecule has 0 bridgehead atoms. The molecule has 8 heteroatoms. The fourth-order valence-electron chi connectivity index (χ4n) is 1.30. The summed E-state index contributed by atoms with van der Waals surface area (Å²) in [6.07, 6.45) is 0. The Kier molecular flexibility index (Phi) is 4.69. The maximum absolute atomic E-state index is 9.10.